The maximum atomic E-state index is 13.6. The van der Waals surface area contributed by atoms with Crippen LogP contribution < -0.4 is 4.74 Å². The third-order valence-electron chi connectivity index (χ3n) is 5.01. The Morgan fingerprint density at radius 2 is 1.76 bits per heavy atom. The molecular weight excluding hydrogens is 490 g/mol. The van der Waals surface area contributed by atoms with Crippen molar-refractivity contribution in [3.8, 4) is 34.4 Å². The lowest BCUT2D eigenvalue weighted by molar-refractivity contribution is 0.480. The standard InChI is InChI=1S/C25H13BrF2N4O/c26-19-3-1-16-14-32(31-24(16)10-19)25-6-4-20(7-17(25)11-29)33-21-8-18(12-30-13-21)15-2-5-22(27)23(28)9-15/h1-10,12-14H. The van der Waals surface area contributed by atoms with E-state index >= 15 is 0 Å². The zero-order chi connectivity index (χ0) is 22.9. The Kier molecular flexibility index (Phi) is 5.32. The van der Waals surface area contributed by atoms with Gasteiger partial charge in [-0.1, -0.05) is 28.1 Å². The smallest absolute Gasteiger partial charge is 0.159 e. The van der Waals surface area contributed by atoms with Gasteiger partial charge in [-0.15, -0.1) is 0 Å². The average Bonchev–Trinajstić information content (AvgIpc) is 3.24. The van der Waals surface area contributed by atoms with Gasteiger partial charge in [0.05, 0.1) is 23.0 Å². The summed E-state index contributed by atoms with van der Waals surface area (Å²) < 4.78 is 35.3. The summed E-state index contributed by atoms with van der Waals surface area (Å²) >= 11 is 3.44. The average molecular weight is 503 g/mol. The molecule has 5 nitrogen and oxygen atoms in total. The number of benzene rings is 3. The van der Waals surface area contributed by atoms with Crippen molar-refractivity contribution in [2.24, 2.45) is 0 Å². The number of nitriles is 1. The Bertz CT molecular complexity index is 1560. The minimum absolute atomic E-state index is 0.379. The first-order chi connectivity index (χ1) is 16.0. The highest BCUT2D eigenvalue weighted by atomic mass is 79.9. The molecule has 2 aromatic heterocycles. The molecule has 0 aliphatic heterocycles. The first kappa shape index (κ1) is 20.8. The molecule has 0 atom stereocenters. The van der Waals surface area contributed by atoms with Gasteiger partial charge < -0.3 is 4.74 Å². The third kappa shape index (κ3) is 4.19. The highest BCUT2D eigenvalue weighted by molar-refractivity contribution is 9.10. The number of nitrogens with zero attached hydrogens (tertiary/aromatic N) is 4. The number of aromatic nitrogens is 3. The van der Waals surface area contributed by atoms with Crippen molar-refractivity contribution in [1.29, 1.82) is 5.26 Å². The van der Waals surface area contributed by atoms with E-state index in [4.69, 9.17) is 4.74 Å². The lowest BCUT2D eigenvalue weighted by Crippen LogP contribution is -1.98. The van der Waals surface area contributed by atoms with E-state index in [-0.39, 0.29) is 0 Å². The molecule has 0 spiro atoms. The summed E-state index contributed by atoms with van der Waals surface area (Å²) in [7, 11) is 0. The SMILES string of the molecule is N#Cc1cc(Oc2cncc(-c3ccc(F)c(F)c3)c2)ccc1-n1cc2ccc(Br)cc2n1. The molecule has 0 radical (unpaired) electrons. The Morgan fingerprint density at radius 3 is 2.58 bits per heavy atom. The van der Waals surface area contributed by atoms with Gasteiger partial charge in [0.15, 0.2) is 11.6 Å². The van der Waals surface area contributed by atoms with Crippen molar-refractivity contribution in [2.75, 3.05) is 0 Å². The molecule has 0 unspecified atom stereocenters. The van der Waals surface area contributed by atoms with E-state index < -0.39 is 11.6 Å². The number of hydrogen-bond donors (Lipinski definition) is 0. The fraction of sp³-hybridized carbons (Fsp3) is 0. The summed E-state index contributed by atoms with van der Waals surface area (Å²) in [6, 6.07) is 18.3. The molecule has 0 amide bonds. The molecule has 3 aromatic carbocycles. The number of fused-ring (bicyclic) bond motifs is 1. The van der Waals surface area contributed by atoms with E-state index in [9.17, 15) is 14.0 Å². The lowest BCUT2D eigenvalue weighted by atomic mass is 10.1. The zero-order valence-electron chi connectivity index (χ0n) is 16.8. The van der Waals surface area contributed by atoms with Gasteiger partial charge in [0, 0.05) is 33.9 Å². The second-order valence-electron chi connectivity index (χ2n) is 7.21. The summed E-state index contributed by atoms with van der Waals surface area (Å²) in [5.41, 5.74) is 2.83. The Balaban J connectivity index is 1.45. The molecule has 0 saturated carbocycles. The fourth-order valence-electron chi connectivity index (χ4n) is 3.42. The molecule has 2 heterocycles. The van der Waals surface area contributed by atoms with Crippen LogP contribution in [0.3, 0.4) is 0 Å². The largest absolute Gasteiger partial charge is 0.456 e. The predicted octanol–water partition coefficient (Wildman–Crippen LogP) is 6.79. The first-order valence-corrected chi connectivity index (χ1v) is 10.6. The van der Waals surface area contributed by atoms with Crippen LogP contribution in [0.4, 0.5) is 8.78 Å². The normalized spacial score (nSPS) is 10.8. The third-order valence-corrected chi connectivity index (χ3v) is 5.50. The molecule has 5 rings (SSSR count). The second kappa shape index (κ2) is 8.45. The summed E-state index contributed by atoms with van der Waals surface area (Å²) in [6.07, 6.45) is 4.89. The number of pyridine rings is 1. The van der Waals surface area contributed by atoms with Crippen molar-refractivity contribution in [3.05, 3.63) is 101 Å². The van der Waals surface area contributed by atoms with Crippen molar-refractivity contribution in [2.45, 2.75) is 0 Å². The second-order valence-corrected chi connectivity index (χ2v) is 8.12. The van der Waals surface area contributed by atoms with Crippen LogP contribution in [0.1, 0.15) is 5.56 Å². The molecule has 0 N–H and O–H groups in total. The quantitative estimate of drug-likeness (QED) is 0.271. The van der Waals surface area contributed by atoms with Gasteiger partial charge in [-0.05, 0) is 48.0 Å². The maximum absolute atomic E-state index is 13.6. The van der Waals surface area contributed by atoms with E-state index in [1.807, 2.05) is 24.4 Å². The van der Waals surface area contributed by atoms with E-state index in [1.165, 1.54) is 18.5 Å². The Hall–Kier alpha value is -4.09. The lowest BCUT2D eigenvalue weighted by Gasteiger charge is -2.10. The molecule has 33 heavy (non-hydrogen) atoms. The maximum Gasteiger partial charge on any atom is 0.159 e. The van der Waals surface area contributed by atoms with Gasteiger partial charge in [0.2, 0.25) is 0 Å². The van der Waals surface area contributed by atoms with E-state index in [0.717, 1.165) is 27.5 Å². The molecule has 160 valence electrons. The Labute approximate surface area is 195 Å². The number of rotatable bonds is 4. The zero-order valence-corrected chi connectivity index (χ0v) is 18.4. The topological polar surface area (TPSA) is 63.7 Å². The molecule has 0 fully saturated rings. The van der Waals surface area contributed by atoms with Crippen LogP contribution in [0, 0.1) is 23.0 Å². The molecule has 0 saturated heterocycles. The van der Waals surface area contributed by atoms with Crippen molar-refractivity contribution >= 4 is 26.8 Å². The highest BCUT2D eigenvalue weighted by Gasteiger charge is 2.11. The summed E-state index contributed by atoms with van der Waals surface area (Å²) in [4.78, 5) is 4.12. The minimum atomic E-state index is -0.938. The summed E-state index contributed by atoms with van der Waals surface area (Å²) in [5, 5.41) is 15.2. The van der Waals surface area contributed by atoms with Gasteiger partial charge in [-0.2, -0.15) is 10.4 Å². The van der Waals surface area contributed by atoms with E-state index in [2.05, 4.69) is 32.1 Å². The molecule has 5 aromatic rings. The first-order valence-electron chi connectivity index (χ1n) is 9.78. The van der Waals surface area contributed by atoms with Crippen molar-refractivity contribution < 1.29 is 13.5 Å². The van der Waals surface area contributed by atoms with Crippen LogP contribution in [-0.4, -0.2) is 14.8 Å². The van der Waals surface area contributed by atoms with Gasteiger partial charge in [0.25, 0.3) is 0 Å². The molecule has 8 heteroatoms. The number of ether oxygens (including phenoxy) is 1. The van der Waals surface area contributed by atoms with E-state index in [0.29, 0.717) is 33.9 Å². The molecular formula is C25H13BrF2N4O. The van der Waals surface area contributed by atoms with Gasteiger partial charge in [0.1, 0.15) is 17.6 Å². The van der Waals surface area contributed by atoms with Crippen molar-refractivity contribution in [1.82, 2.24) is 14.8 Å². The van der Waals surface area contributed by atoms with E-state index in [1.54, 1.807) is 28.9 Å². The predicted molar refractivity (Wildman–Crippen MR) is 123 cm³/mol. The molecule has 0 aliphatic carbocycles. The monoisotopic (exact) mass is 502 g/mol. The summed E-state index contributed by atoms with van der Waals surface area (Å²) in [5.74, 6) is -1.03. The van der Waals surface area contributed by atoms with Gasteiger partial charge >= 0.3 is 0 Å². The van der Waals surface area contributed by atoms with Gasteiger partial charge in [-0.25, -0.2) is 13.5 Å². The van der Waals surface area contributed by atoms with Crippen LogP contribution in [0.15, 0.2) is 83.7 Å². The van der Waals surface area contributed by atoms with Crippen LogP contribution >= 0.6 is 15.9 Å². The van der Waals surface area contributed by atoms with Crippen LogP contribution in [-0.2, 0) is 0 Å². The van der Waals surface area contributed by atoms with Crippen LogP contribution in [0.5, 0.6) is 11.5 Å². The minimum Gasteiger partial charge on any atom is -0.456 e. The van der Waals surface area contributed by atoms with Gasteiger partial charge in [-0.3, -0.25) is 4.98 Å². The Morgan fingerprint density at radius 1 is 0.879 bits per heavy atom. The molecule has 0 bridgehead atoms. The van der Waals surface area contributed by atoms with Crippen molar-refractivity contribution in [3.63, 3.8) is 0 Å². The summed E-state index contributed by atoms with van der Waals surface area (Å²) in [6.45, 7) is 0. The van der Waals surface area contributed by atoms with Crippen LogP contribution in [0.2, 0.25) is 0 Å². The number of halogens is 3. The molecule has 0 aliphatic rings. The fourth-order valence-corrected chi connectivity index (χ4v) is 3.77. The van der Waals surface area contributed by atoms with Crippen LogP contribution in [0.25, 0.3) is 27.7 Å². The number of hydrogen-bond acceptors (Lipinski definition) is 4. The highest BCUT2D eigenvalue weighted by Crippen LogP contribution is 2.29.